The number of rotatable bonds is 14. The summed E-state index contributed by atoms with van der Waals surface area (Å²) in [6.45, 7) is 5.69. The summed E-state index contributed by atoms with van der Waals surface area (Å²) in [5, 5.41) is 3.35. The fourth-order valence-electron chi connectivity index (χ4n) is 4.04. The number of benzene rings is 3. The predicted molar refractivity (Wildman–Crippen MR) is 158 cm³/mol. The van der Waals surface area contributed by atoms with Crippen LogP contribution in [0.3, 0.4) is 0 Å². The van der Waals surface area contributed by atoms with E-state index in [2.05, 4.69) is 5.32 Å². The topological polar surface area (TPSA) is 96.0 Å². The third-order valence-corrected chi connectivity index (χ3v) is 8.42. The zero-order valence-corrected chi connectivity index (χ0v) is 24.9. The van der Waals surface area contributed by atoms with Gasteiger partial charge in [0.15, 0.2) is 0 Å². The summed E-state index contributed by atoms with van der Waals surface area (Å²) in [6.07, 6.45) is 1.67. The summed E-state index contributed by atoms with van der Waals surface area (Å²) >= 11 is 6.03. The summed E-state index contributed by atoms with van der Waals surface area (Å²) in [5.41, 5.74) is 0.804. The van der Waals surface area contributed by atoms with Crippen molar-refractivity contribution < 1.29 is 27.1 Å². The maximum absolute atomic E-state index is 13.9. The largest absolute Gasteiger partial charge is 0.494 e. The van der Waals surface area contributed by atoms with Gasteiger partial charge in [-0.25, -0.2) is 12.8 Å². The molecule has 0 aromatic heterocycles. The molecule has 0 radical (unpaired) electrons. The second-order valence-electron chi connectivity index (χ2n) is 9.36. The number of halogens is 2. The Morgan fingerprint density at radius 2 is 1.61 bits per heavy atom. The first-order valence-corrected chi connectivity index (χ1v) is 15.2. The highest BCUT2D eigenvalue weighted by Crippen LogP contribution is 2.26. The second kappa shape index (κ2) is 14.8. The monoisotopic (exact) mass is 603 g/mol. The molecule has 0 spiro atoms. The average molecular weight is 604 g/mol. The van der Waals surface area contributed by atoms with Gasteiger partial charge in [-0.1, -0.05) is 37.1 Å². The van der Waals surface area contributed by atoms with Crippen molar-refractivity contribution in [2.24, 2.45) is 0 Å². The number of sulfonamides is 1. The van der Waals surface area contributed by atoms with Crippen molar-refractivity contribution >= 4 is 39.1 Å². The number of anilines is 1. The van der Waals surface area contributed by atoms with Gasteiger partial charge in [0.1, 0.15) is 24.2 Å². The highest BCUT2D eigenvalue weighted by atomic mass is 35.5. The lowest BCUT2D eigenvalue weighted by atomic mass is 10.1. The fourth-order valence-corrected chi connectivity index (χ4v) is 5.58. The molecule has 3 aromatic rings. The number of carbonyl (C=O) groups is 2. The number of hydrogen-bond acceptors (Lipinski definition) is 5. The van der Waals surface area contributed by atoms with Crippen LogP contribution in [0.4, 0.5) is 10.1 Å². The first kappa shape index (κ1) is 31.9. The van der Waals surface area contributed by atoms with E-state index in [1.807, 2.05) is 13.8 Å². The molecule has 0 saturated carbocycles. The normalized spacial score (nSPS) is 11.9. The van der Waals surface area contributed by atoms with Gasteiger partial charge < -0.3 is 15.0 Å². The van der Waals surface area contributed by atoms with Crippen LogP contribution in [0.5, 0.6) is 5.75 Å². The molecule has 0 bridgehead atoms. The Labute approximate surface area is 246 Å². The van der Waals surface area contributed by atoms with Crippen LogP contribution in [0.25, 0.3) is 0 Å². The first-order chi connectivity index (χ1) is 19.6. The molecule has 3 rings (SSSR count). The summed E-state index contributed by atoms with van der Waals surface area (Å²) in [5.74, 6) is -1.03. The maximum Gasteiger partial charge on any atom is 0.264 e. The molecule has 1 atom stereocenters. The van der Waals surface area contributed by atoms with Crippen LogP contribution in [0, 0.1) is 5.82 Å². The van der Waals surface area contributed by atoms with Crippen molar-refractivity contribution in [1.82, 2.24) is 10.2 Å². The van der Waals surface area contributed by atoms with E-state index < -0.39 is 34.3 Å². The van der Waals surface area contributed by atoms with Crippen molar-refractivity contribution in [1.29, 1.82) is 0 Å². The van der Waals surface area contributed by atoms with Gasteiger partial charge in [0.05, 0.1) is 17.2 Å². The molecule has 3 aromatic carbocycles. The van der Waals surface area contributed by atoms with Gasteiger partial charge in [-0.15, -0.1) is 0 Å². The molecule has 0 aliphatic carbocycles. The number of amides is 2. The lowest BCUT2D eigenvalue weighted by Gasteiger charge is -2.32. The quantitative estimate of drug-likeness (QED) is 0.249. The molecule has 0 heterocycles. The molecule has 1 N–H and O–H groups in total. The Kier molecular flexibility index (Phi) is 11.5. The summed E-state index contributed by atoms with van der Waals surface area (Å²) in [6, 6.07) is 16.6. The van der Waals surface area contributed by atoms with E-state index in [0.717, 1.165) is 29.3 Å². The molecular formula is C30H35ClFN3O5S. The van der Waals surface area contributed by atoms with E-state index in [1.54, 1.807) is 31.2 Å². The second-order valence-corrected chi connectivity index (χ2v) is 11.7. The molecule has 11 heteroatoms. The van der Waals surface area contributed by atoms with Gasteiger partial charge in [-0.3, -0.25) is 13.9 Å². The molecule has 0 saturated heterocycles. The average Bonchev–Trinajstić information content (AvgIpc) is 2.96. The van der Waals surface area contributed by atoms with E-state index in [-0.39, 0.29) is 23.0 Å². The van der Waals surface area contributed by atoms with Crippen LogP contribution in [0.15, 0.2) is 77.7 Å². The number of nitrogens with zero attached hydrogens (tertiary/aromatic N) is 2. The minimum atomic E-state index is -4.28. The predicted octanol–water partition coefficient (Wildman–Crippen LogP) is 5.41. The Morgan fingerprint density at radius 3 is 2.20 bits per heavy atom. The van der Waals surface area contributed by atoms with E-state index in [9.17, 15) is 22.4 Å². The van der Waals surface area contributed by atoms with E-state index in [0.29, 0.717) is 29.5 Å². The SMILES string of the molecule is CCCCNC(=O)[C@H](C)N(Cc1ccc(Cl)cc1)C(=O)CN(c1ccc(F)cc1)S(=O)(=O)c1ccc(OCC)cc1. The number of ether oxygens (including phenoxy) is 1. The third-order valence-electron chi connectivity index (χ3n) is 6.38. The lowest BCUT2D eigenvalue weighted by Crippen LogP contribution is -2.51. The smallest absolute Gasteiger partial charge is 0.264 e. The Balaban J connectivity index is 1.98. The molecule has 41 heavy (non-hydrogen) atoms. The molecular weight excluding hydrogens is 569 g/mol. The van der Waals surface area contributed by atoms with Gasteiger partial charge >= 0.3 is 0 Å². The minimum absolute atomic E-state index is 0.0404. The summed E-state index contributed by atoms with van der Waals surface area (Å²) in [7, 11) is -4.28. The number of nitrogens with one attached hydrogen (secondary N) is 1. The molecule has 0 unspecified atom stereocenters. The molecule has 2 amide bonds. The third kappa shape index (κ3) is 8.68. The number of carbonyl (C=O) groups excluding carboxylic acids is 2. The fraction of sp³-hybridized carbons (Fsp3) is 0.333. The zero-order valence-electron chi connectivity index (χ0n) is 23.3. The molecule has 220 valence electrons. The zero-order chi connectivity index (χ0) is 30.0. The van der Waals surface area contributed by atoms with Gasteiger partial charge in [-0.2, -0.15) is 0 Å². The van der Waals surface area contributed by atoms with Crippen LogP contribution in [-0.2, 0) is 26.2 Å². The van der Waals surface area contributed by atoms with Crippen LogP contribution in [0.2, 0.25) is 5.02 Å². The highest BCUT2D eigenvalue weighted by Gasteiger charge is 2.32. The van der Waals surface area contributed by atoms with Gasteiger partial charge in [0.25, 0.3) is 10.0 Å². The van der Waals surface area contributed by atoms with Gasteiger partial charge in [0.2, 0.25) is 11.8 Å². The van der Waals surface area contributed by atoms with Crippen molar-refractivity contribution in [2.75, 3.05) is 24.0 Å². The van der Waals surface area contributed by atoms with Crippen molar-refractivity contribution in [3.63, 3.8) is 0 Å². The van der Waals surface area contributed by atoms with Crippen molar-refractivity contribution in [2.45, 2.75) is 51.1 Å². The minimum Gasteiger partial charge on any atom is -0.494 e. The maximum atomic E-state index is 13.9. The van der Waals surface area contributed by atoms with Crippen molar-refractivity contribution in [3.05, 3.63) is 89.2 Å². The van der Waals surface area contributed by atoms with Crippen LogP contribution in [-0.4, -0.2) is 50.9 Å². The van der Waals surface area contributed by atoms with Crippen molar-refractivity contribution in [3.8, 4) is 5.75 Å². The van der Waals surface area contributed by atoms with Crippen LogP contribution >= 0.6 is 11.6 Å². The Morgan fingerprint density at radius 1 is 0.976 bits per heavy atom. The standard InChI is InChI=1S/C30H35ClFN3O5S/c1-4-6-19-33-30(37)22(3)34(20-23-7-9-24(31)10-8-23)29(36)21-35(26-13-11-25(32)12-14-26)41(38,39)28-17-15-27(16-18-28)40-5-2/h7-18,22H,4-6,19-21H2,1-3H3,(H,33,37)/t22-/m0/s1. The molecule has 8 nitrogen and oxygen atoms in total. The first-order valence-electron chi connectivity index (χ1n) is 13.4. The van der Waals surface area contributed by atoms with Crippen LogP contribution in [0.1, 0.15) is 39.2 Å². The number of hydrogen-bond donors (Lipinski definition) is 1. The Hall–Kier alpha value is -3.63. The van der Waals surface area contributed by atoms with E-state index in [4.69, 9.17) is 16.3 Å². The number of unbranched alkanes of at least 4 members (excludes halogenated alkanes) is 1. The lowest BCUT2D eigenvalue weighted by molar-refractivity contribution is -0.139. The molecule has 0 fully saturated rings. The van der Waals surface area contributed by atoms with E-state index in [1.165, 1.54) is 41.3 Å². The van der Waals surface area contributed by atoms with E-state index >= 15 is 0 Å². The molecule has 0 aliphatic rings. The highest BCUT2D eigenvalue weighted by molar-refractivity contribution is 7.92. The van der Waals surface area contributed by atoms with Gasteiger partial charge in [-0.05, 0) is 86.5 Å². The van der Waals surface area contributed by atoms with Gasteiger partial charge in [0, 0.05) is 18.1 Å². The summed E-state index contributed by atoms with van der Waals surface area (Å²) in [4.78, 5) is 28.1. The Bertz CT molecular complexity index is 1400. The molecule has 0 aliphatic heterocycles. The van der Waals surface area contributed by atoms with Crippen LogP contribution < -0.4 is 14.4 Å². The summed E-state index contributed by atoms with van der Waals surface area (Å²) < 4.78 is 47.8.